The topological polar surface area (TPSA) is 128 Å². The highest BCUT2D eigenvalue weighted by Gasteiger charge is 2.51. The summed E-state index contributed by atoms with van der Waals surface area (Å²) in [5, 5.41) is 13.4. The van der Waals surface area contributed by atoms with Gasteiger partial charge in [-0.2, -0.15) is 0 Å². The van der Waals surface area contributed by atoms with Crippen LogP contribution in [0.4, 0.5) is 5.69 Å². The van der Waals surface area contributed by atoms with Crippen molar-refractivity contribution >= 4 is 21.6 Å². The second kappa shape index (κ2) is 8.13. The second-order valence-corrected chi connectivity index (χ2v) is 9.11. The van der Waals surface area contributed by atoms with Crippen LogP contribution in [-0.2, 0) is 25.2 Å². The molecule has 0 spiro atoms. The number of non-ortho nitro benzene ring substituents is 1. The monoisotopic (exact) mass is 433 g/mol. The van der Waals surface area contributed by atoms with E-state index in [-0.39, 0.29) is 23.0 Å². The van der Waals surface area contributed by atoms with Crippen molar-refractivity contribution in [3.63, 3.8) is 0 Å². The number of ether oxygens (including phenoxy) is 1. The molecule has 0 bridgehead atoms. The molecule has 2 N–H and O–H groups in total. The van der Waals surface area contributed by atoms with Crippen LogP contribution in [0.3, 0.4) is 0 Å². The molecule has 0 aromatic heterocycles. The van der Waals surface area contributed by atoms with Crippen LogP contribution in [0.5, 0.6) is 0 Å². The molecule has 30 heavy (non-hydrogen) atoms. The van der Waals surface area contributed by atoms with Gasteiger partial charge in [0.15, 0.2) is 0 Å². The van der Waals surface area contributed by atoms with E-state index in [0.717, 1.165) is 17.7 Å². The van der Waals surface area contributed by atoms with Gasteiger partial charge in [-0.15, -0.1) is 0 Å². The first-order valence-electron chi connectivity index (χ1n) is 9.34. The summed E-state index contributed by atoms with van der Waals surface area (Å²) in [6.45, 7) is 1.59. The number of nitrogens with zero attached hydrogens (tertiary/aromatic N) is 1. The van der Waals surface area contributed by atoms with Crippen LogP contribution in [0.15, 0.2) is 59.5 Å². The molecule has 0 radical (unpaired) electrons. The number of nitro groups is 1. The van der Waals surface area contributed by atoms with Crippen LogP contribution in [0.2, 0.25) is 0 Å². The summed E-state index contributed by atoms with van der Waals surface area (Å²) >= 11 is 0. The van der Waals surface area contributed by atoms with E-state index in [9.17, 15) is 23.3 Å². The van der Waals surface area contributed by atoms with Crippen LogP contribution in [-0.4, -0.2) is 38.4 Å². The highest BCUT2D eigenvalue weighted by atomic mass is 32.2. The molecule has 1 fully saturated rings. The van der Waals surface area contributed by atoms with Crippen molar-refractivity contribution in [2.75, 3.05) is 13.6 Å². The first-order valence-corrected chi connectivity index (χ1v) is 10.8. The predicted octanol–water partition coefficient (Wildman–Crippen LogP) is 2.08. The zero-order valence-corrected chi connectivity index (χ0v) is 17.4. The van der Waals surface area contributed by atoms with Crippen molar-refractivity contribution in [3.8, 4) is 0 Å². The smallest absolute Gasteiger partial charge is 0.269 e. The molecule has 2 aromatic rings. The molecule has 3 rings (SSSR count). The maximum Gasteiger partial charge on any atom is 0.269 e. The fourth-order valence-electron chi connectivity index (χ4n) is 3.61. The third-order valence-corrected chi connectivity index (χ3v) is 6.76. The molecule has 1 aliphatic rings. The number of hydrogen-bond acceptors (Lipinski definition) is 6. The quantitative estimate of drug-likeness (QED) is 0.508. The van der Waals surface area contributed by atoms with Gasteiger partial charge in [0, 0.05) is 25.7 Å². The summed E-state index contributed by atoms with van der Waals surface area (Å²) in [6.07, 6.45) is 0.852. The summed E-state index contributed by atoms with van der Waals surface area (Å²) in [4.78, 5) is 22.4. The first-order chi connectivity index (χ1) is 14.1. The fourth-order valence-corrected chi connectivity index (χ4v) is 4.70. The van der Waals surface area contributed by atoms with Gasteiger partial charge in [-0.3, -0.25) is 14.9 Å². The SMILES string of the molecule is CNC(=O)[C@]1(C)CC[C@@](CNS(=O)(=O)c2ccc([N+](=O)[O-])cc2)(c2ccccc2)O1. The zero-order valence-electron chi connectivity index (χ0n) is 16.6. The molecule has 0 saturated carbocycles. The van der Waals surface area contributed by atoms with Crippen molar-refractivity contribution in [2.24, 2.45) is 0 Å². The van der Waals surface area contributed by atoms with Gasteiger partial charge in [0.1, 0.15) is 11.2 Å². The Morgan fingerprint density at radius 2 is 1.77 bits per heavy atom. The lowest BCUT2D eigenvalue weighted by Crippen LogP contribution is -2.47. The van der Waals surface area contributed by atoms with Gasteiger partial charge in [-0.05, 0) is 37.5 Å². The van der Waals surface area contributed by atoms with Gasteiger partial charge >= 0.3 is 0 Å². The van der Waals surface area contributed by atoms with Crippen molar-refractivity contribution in [1.29, 1.82) is 0 Å². The number of nitrogens with one attached hydrogen (secondary N) is 2. The van der Waals surface area contributed by atoms with E-state index < -0.39 is 26.1 Å². The molecule has 1 amide bonds. The number of hydrogen-bond donors (Lipinski definition) is 2. The Hall–Kier alpha value is -2.82. The third kappa shape index (κ3) is 4.20. The Kier molecular flexibility index (Phi) is 5.93. The average Bonchev–Trinajstić information content (AvgIpc) is 3.12. The molecule has 1 aliphatic heterocycles. The number of carbonyl (C=O) groups excluding carboxylic acids is 1. The summed E-state index contributed by atoms with van der Waals surface area (Å²) in [7, 11) is -2.43. The molecule has 0 unspecified atom stereocenters. The number of carbonyl (C=O) groups is 1. The predicted molar refractivity (Wildman–Crippen MR) is 109 cm³/mol. The van der Waals surface area contributed by atoms with Gasteiger partial charge in [0.2, 0.25) is 10.0 Å². The summed E-state index contributed by atoms with van der Waals surface area (Å²) < 4.78 is 34.3. The van der Waals surface area contributed by atoms with E-state index in [1.54, 1.807) is 6.92 Å². The number of sulfonamides is 1. The Morgan fingerprint density at radius 3 is 2.33 bits per heavy atom. The minimum Gasteiger partial charge on any atom is -0.357 e. The molecule has 2 atom stereocenters. The van der Waals surface area contributed by atoms with Crippen LogP contribution in [0.25, 0.3) is 0 Å². The average molecular weight is 433 g/mol. The minimum atomic E-state index is -3.95. The fraction of sp³-hybridized carbons (Fsp3) is 0.350. The van der Waals surface area contributed by atoms with Crippen molar-refractivity contribution in [3.05, 3.63) is 70.3 Å². The van der Waals surface area contributed by atoms with Crippen molar-refractivity contribution in [1.82, 2.24) is 10.0 Å². The summed E-state index contributed by atoms with van der Waals surface area (Å²) in [5.41, 5.74) is -1.57. The van der Waals surface area contributed by atoms with E-state index >= 15 is 0 Å². The maximum atomic E-state index is 12.8. The van der Waals surface area contributed by atoms with Crippen LogP contribution in [0, 0.1) is 10.1 Å². The lowest BCUT2D eigenvalue weighted by Gasteiger charge is -2.33. The van der Waals surface area contributed by atoms with E-state index in [4.69, 9.17) is 4.74 Å². The number of amides is 1. The maximum absolute atomic E-state index is 12.8. The number of rotatable bonds is 7. The van der Waals surface area contributed by atoms with Crippen LogP contribution in [0.1, 0.15) is 25.3 Å². The number of nitro benzene ring substituents is 1. The minimum absolute atomic E-state index is 0.0941. The highest BCUT2D eigenvalue weighted by Crippen LogP contribution is 2.44. The Morgan fingerprint density at radius 1 is 1.13 bits per heavy atom. The van der Waals surface area contributed by atoms with Gasteiger partial charge < -0.3 is 10.1 Å². The van der Waals surface area contributed by atoms with E-state index in [1.165, 1.54) is 19.2 Å². The molecule has 1 heterocycles. The Bertz CT molecular complexity index is 1040. The summed E-state index contributed by atoms with van der Waals surface area (Å²) in [6, 6.07) is 13.8. The molecule has 0 aliphatic carbocycles. The molecule has 10 heteroatoms. The number of benzene rings is 2. The summed E-state index contributed by atoms with van der Waals surface area (Å²) in [5.74, 6) is -0.279. The van der Waals surface area contributed by atoms with Gasteiger partial charge in [0.05, 0.1) is 9.82 Å². The Labute approximate surface area is 174 Å². The van der Waals surface area contributed by atoms with Crippen LogP contribution < -0.4 is 10.0 Å². The molecule has 160 valence electrons. The largest absolute Gasteiger partial charge is 0.357 e. The van der Waals surface area contributed by atoms with E-state index in [2.05, 4.69) is 10.0 Å². The van der Waals surface area contributed by atoms with Crippen LogP contribution >= 0.6 is 0 Å². The number of likely N-dealkylation sites (N-methyl/N-ethyl adjacent to an activating group) is 1. The van der Waals surface area contributed by atoms with Gasteiger partial charge in [-0.25, -0.2) is 13.1 Å². The molecule has 1 saturated heterocycles. The van der Waals surface area contributed by atoms with Crippen molar-refractivity contribution < 1.29 is 22.9 Å². The van der Waals surface area contributed by atoms with Crippen molar-refractivity contribution in [2.45, 2.75) is 35.9 Å². The molecule has 2 aromatic carbocycles. The standard InChI is InChI=1S/C20H23N3O6S/c1-19(18(24)21-2)12-13-20(29-19,15-6-4-3-5-7-15)14-22-30(27,28)17-10-8-16(9-11-17)23(25)26/h3-11,22H,12-14H2,1-2H3,(H,21,24)/t19-,20+/m0/s1. The lowest BCUT2D eigenvalue weighted by atomic mass is 9.90. The van der Waals surface area contributed by atoms with E-state index in [0.29, 0.717) is 12.8 Å². The van der Waals surface area contributed by atoms with E-state index in [1.807, 2.05) is 30.3 Å². The van der Waals surface area contributed by atoms with Gasteiger partial charge in [-0.1, -0.05) is 30.3 Å². The third-order valence-electron chi connectivity index (χ3n) is 5.34. The normalized spacial score (nSPS) is 23.8. The highest BCUT2D eigenvalue weighted by molar-refractivity contribution is 7.89. The first kappa shape index (κ1) is 21.9. The Balaban J connectivity index is 1.88. The zero-order chi connectivity index (χ0) is 22.0. The van der Waals surface area contributed by atoms with Gasteiger partial charge in [0.25, 0.3) is 11.6 Å². The molecular formula is C20H23N3O6S. The second-order valence-electron chi connectivity index (χ2n) is 7.35. The molecular weight excluding hydrogens is 410 g/mol. The lowest BCUT2D eigenvalue weighted by molar-refractivity contribution is -0.384. The molecule has 9 nitrogen and oxygen atoms in total.